The van der Waals surface area contributed by atoms with Crippen molar-refractivity contribution in [3.05, 3.63) is 36.3 Å². The van der Waals surface area contributed by atoms with Crippen molar-refractivity contribution < 1.29 is 17.5 Å². The summed E-state index contributed by atoms with van der Waals surface area (Å²) < 4.78 is 43.0. The molecule has 0 spiro atoms. The number of piperidine rings is 1. The summed E-state index contributed by atoms with van der Waals surface area (Å²) in [6.45, 7) is 6.35. The minimum atomic E-state index is -3.01. The van der Waals surface area contributed by atoms with Gasteiger partial charge in [0.05, 0.1) is 18.4 Å². The number of sulfone groups is 1. The van der Waals surface area contributed by atoms with Gasteiger partial charge in [-0.3, -0.25) is 0 Å². The van der Waals surface area contributed by atoms with E-state index in [0.717, 1.165) is 22.2 Å². The minimum Gasteiger partial charge on any atom is -0.378 e. The summed E-state index contributed by atoms with van der Waals surface area (Å²) in [6, 6.07) is 3.75. The Bertz CT molecular complexity index is 1420. The predicted octanol–water partition coefficient (Wildman–Crippen LogP) is 3.33. The number of alkyl halides is 1. The van der Waals surface area contributed by atoms with Crippen LogP contribution in [-0.4, -0.2) is 85.9 Å². The second-order valence-corrected chi connectivity index (χ2v) is 12.7. The number of methoxy groups -OCH3 is 1. The summed E-state index contributed by atoms with van der Waals surface area (Å²) in [5.74, 6) is 3.02. The molecule has 0 aromatic carbocycles. The molecule has 2 saturated heterocycles. The third-order valence-electron chi connectivity index (χ3n) is 7.17. The first-order valence-corrected chi connectivity index (χ1v) is 14.9. The molecule has 0 radical (unpaired) electrons. The van der Waals surface area contributed by atoms with Crippen molar-refractivity contribution in [2.45, 2.75) is 38.5 Å². The van der Waals surface area contributed by atoms with Crippen LogP contribution in [0, 0.1) is 5.92 Å². The zero-order chi connectivity index (χ0) is 27.0. The number of nitrogens with zero attached hydrogens (tertiary/aromatic N) is 6. The first-order valence-electron chi connectivity index (χ1n) is 12.8. The maximum absolute atomic E-state index is 14.4. The molecule has 5 rings (SSSR count). The molecule has 12 heteroatoms. The number of rotatable bonds is 8. The number of pyridine rings is 2. The highest BCUT2D eigenvalue weighted by molar-refractivity contribution is 7.90. The Kier molecular flexibility index (Phi) is 7.36. The molecule has 0 saturated carbocycles. The van der Waals surface area contributed by atoms with Crippen LogP contribution in [0.3, 0.4) is 0 Å². The largest absolute Gasteiger partial charge is 0.378 e. The third kappa shape index (κ3) is 5.65. The standard InChI is InChI=1S/C26H34FN7O3S/c1-16(2)19-10-30-25(34-12-17(13-34)15-38(4,35)36)20-11-29-24(9-18(19)20)31-23-5-7-28-26(32-23)33-8-6-22(37-3)21(27)14-33/h5,7,9-11,16-17,21-22H,6,8,12-15H2,1-4H3,(H,28,29,31,32)/t21-,22+/m1/s1. The minimum absolute atomic E-state index is 0.112. The van der Waals surface area contributed by atoms with Gasteiger partial charge in [-0.2, -0.15) is 4.98 Å². The summed E-state index contributed by atoms with van der Waals surface area (Å²) in [5, 5.41) is 5.24. The Balaban J connectivity index is 1.37. The van der Waals surface area contributed by atoms with Crippen LogP contribution >= 0.6 is 0 Å². The van der Waals surface area contributed by atoms with Gasteiger partial charge in [-0.15, -0.1) is 0 Å². The molecule has 0 aliphatic carbocycles. The maximum atomic E-state index is 14.4. The van der Waals surface area contributed by atoms with Gasteiger partial charge in [0.15, 0.2) is 0 Å². The van der Waals surface area contributed by atoms with Crippen LogP contribution in [0.15, 0.2) is 30.7 Å². The van der Waals surface area contributed by atoms with Crippen molar-refractivity contribution in [1.29, 1.82) is 0 Å². The van der Waals surface area contributed by atoms with E-state index in [2.05, 4.69) is 39.0 Å². The van der Waals surface area contributed by atoms with Crippen LogP contribution in [0.4, 0.5) is 27.8 Å². The summed E-state index contributed by atoms with van der Waals surface area (Å²) in [5.41, 5.74) is 1.10. The van der Waals surface area contributed by atoms with E-state index in [1.165, 1.54) is 13.4 Å². The van der Waals surface area contributed by atoms with E-state index in [1.807, 2.05) is 17.2 Å². The number of fused-ring (bicyclic) bond motifs is 1. The lowest BCUT2D eigenvalue weighted by Crippen LogP contribution is -2.50. The molecule has 38 heavy (non-hydrogen) atoms. The van der Waals surface area contributed by atoms with Crippen LogP contribution in [0.5, 0.6) is 0 Å². The Labute approximate surface area is 222 Å². The van der Waals surface area contributed by atoms with E-state index in [9.17, 15) is 12.8 Å². The molecule has 2 aliphatic rings. The third-order valence-corrected chi connectivity index (χ3v) is 8.24. The van der Waals surface area contributed by atoms with Crippen LogP contribution in [0.1, 0.15) is 31.7 Å². The molecule has 3 aromatic rings. The Morgan fingerprint density at radius 3 is 2.58 bits per heavy atom. The zero-order valence-corrected chi connectivity index (χ0v) is 22.9. The first-order chi connectivity index (χ1) is 18.1. The van der Waals surface area contributed by atoms with Gasteiger partial charge in [0.1, 0.15) is 33.5 Å². The van der Waals surface area contributed by atoms with E-state index in [-0.39, 0.29) is 24.1 Å². The van der Waals surface area contributed by atoms with Crippen LogP contribution in [0.25, 0.3) is 10.8 Å². The van der Waals surface area contributed by atoms with Crippen molar-refractivity contribution in [3.8, 4) is 0 Å². The second-order valence-electron chi connectivity index (χ2n) is 10.6. The van der Waals surface area contributed by atoms with E-state index in [1.54, 1.807) is 18.5 Å². The van der Waals surface area contributed by atoms with E-state index < -0.39 is 22.1 Å². The van der Waals surface area contributed by atoms with Crippen molar-refractivity contribution >= 4 is 44.0 Å². The van der Waals surface area contributed by atoms with Crippen LogP contribution in [0.2, 0.25) is 0 Å². The summed E-state index contributed by atoms with van der Waals surface area (Å²) in [7, 11) is -1.47. The molecule has 0 unspecified atom stereocenters. The van der Waals surface area contributed by atoms with Crippen LogP contribution < -0.4 is 15.1 Å². The average Bonchev–Trinajstić information content (AvgIpc) is 2.85. The molecular weight excluding hydrogens is 509 g/mol. The fourth-order valence-corrected chi connectivity index (χ4v) is 6.30. The fraction of sp³-hybridized carbons (Fsp3) is 0.538. The van der Waals surface area contributed by atoms with Crippen molar-refractivity contribution in [3.63, 3.8) is 0 Å². The molecule has 2 fully saturated rings. The summed E-state index contributed by atoms with van der Waals surface area (Å²) in [6.07, 6.45) is 5.72. The molecule has 5 heterocycles. The van der Waals surface area contributed by atoms with E-state index in [4.69, 9.17) is 9.72 Å². The average molecular weight is 544 g/mol. The highest BCUT2D eigenvalue weighted by atomic mass is 32.2. The molecule has 204 valence electrons. The topological polar surface area (TPSA) is 113 Å². The van der Waals surface area contributed by atoms with Crippen molar-refractivity contribution in [2.75, 3.05) is 60.4 Å². The highest BCUT2D eigenvalue weighted by Crippen LogP contribution is 2.35. The number of nitrogens with one attached hydrogen (secondary N) is 1. The van der Waals surface area contributed by atoms with Crippen molar-refractivity contribution in [2.24, 2.45) is 5.92 Å². The maximum Gasteiger partial charge on any atom is 0.227 e. The Morgan fingerprint density at radius 1 is 1.11 bits per heavy atom. The number of hydrogen-bond donors (Lipinski definition) is 1. The lowest BCUT2D eigenvalue weighted by atomic mass is 9.97. The monoisotopic (exact) mass is 543 g/mol. The lowest BCUT2D eigenvalue weighted by molar-refractivity contribution is 0.0194. The van der Waals surface area contributed by atoms with Crippen molar-refractivity contribution in [1.82, 2.24) is 19.9 Å². The van der Waals surface area contributed by atoms with Gasteiger partial charge < -0.3 is 19.9 Å². The quantitative estimate of drug-likeness (QED) is 0.454. The molecule has 3 aromatic heterocycles. The second kappa shape index (κ2) is 10.6. The van der Waals surface area contributed by atoms with Crippen LogP contribution in [-0.2, 0) is 14.6 Å². The number of aromatic nitrogens is 4. The number of anilines is 4. The van der Waals surface area contributed by atoms with E-state index >= 15 is 0 Å². The predicted molar refractivity (Wildman–Crippen MR) is 147 cm³/mol. The molecule has 0 bridgehead atoms. The Morgan fingerprint density at radius 2 is 1.89 bits per heavy atom. The number of hydrogen-bond acceptors (Lipinski definition) is 10. The summed E-state index contributed by atoms with van der Waals surface area (Å²) in [4.78, 5) is 22.3. The number of ether oxygens (including phenoxy) is 1. The van der Waals surface area contributed by atoms with Gasteiger partial charge >= 0.3 is 0 Å². The smallest absolute Gasteiger partial charge is 0.227 e. The molecular formula is C26H34FN7O3S. The Hall–Kier alpha value is -3.12. The first kappa shape index (κ1) is 26.5. The molecule has 10 nitrogen and oxygen atoms in total. The normalized spacial score (nSPS) is 20.7. The molecule has 0 amide bonds. The van der Waals surface area contributed by atoms with Gasteiger partial charge in [0.25, 0.3) is 0 Å². The SMILES string of the molecule is CO[C@H]1CCN(c2nccc(Nc3cc4c(C(C)C)cnc(N5CC(CS(C)(=O)=O)C5)c4cn3)n2)C[C@H]1F. The van der Waals surface area contributed by atoms with Gasteiger partial charge in [-0.05, 0) is 35.4 Å². The van der Waals surface area contributed by atoms with Gasteiger partial charge in [-0.1, -0.05) is 13.8 Å². The fourth-order valence-electron chi connectivity index (χ4n) is 5.23. The molecule has 2 atom stereocenters. The van der Waals surface area contributed by atoms with Gasteiger partial charge in [-0.25, -0.2) is 27.8 Å². The molecule has 1 N–H and O–H groups in total. The zero-order valence-electron chi connectivity index (χ0n) is 22.1. The van der Waals surface area contributed by atoms with Gasteiger partial charge in [0, 0.05) is 62.9 Å². The summed E-state index contributed by atoms with van der Waals surface area (Å²) >= 11 is 0. The highest BCUT2D eigenvalue weighted by Gasteiger charge is 2.32. The van der Waals surface area contributed by atoms with E-state index in [0.29, 0.717) is 43.6 Å². The molecule has 2 aliphatic heterocycles. The lowest BCUT2D eigenvalue weighted by Gasteiger charge is -2.40. The van der Waals surface area contributed by atoms with Gasteiger partial charge in [0.2, 0.25) is 5.95 Å². The number of halogens is 1.